The van der Waals surface area contributed by atoms with E-state index in [9.17, 15) is 0 Å². The second-order valence-electron chi connectivity index (χ2n) is 4.99. The first-order chi connectivity index (χ1) is 9.04. The van der Waals surface area contributed by atoms with Crippen LogP contribution < -0.4 is 5.73 Å². The Morgan fingerprint density at radius 2 is 2.16 bits per heavy atom. The molecule has 0 radical (unpaired) electrons. The minimum absolute atomic E-state index is 0.148. The lowest BCUT2D eigenvalue weighted by molar-refractivity contribution is 0.571. The SMILES string of the molecule is CCC1SCCSC1C(N)Cc1c(Cl)c(C)nn1C. The van der Waals surface area contributed by atoms with Gasteiger partial charge in [-0.2, -0.15) is 28.6 Å². The minimum atomic E-state index is 0.148. The third-order valence-corrected chi connectivity index (χ3v) is 7.53. The Morgan fingerprint density at radius 3 is 2.74 bits per heavy atom. The van der Waals surface area contributed by atoms with E-state index >= 15 is 0 Å². The summed E-state index contributed by atoms with van der Waals surface area (Å²) in [6, 6.07) is 0.148. The maximum atomic E-state index is 6.46. The Bertz CT molecular complexity index is 436. The molecule has 0 aromatic carbocycles. The maximum Gasteiger partial charge on any atom is 0.0847 e. The summed E-state index contributed by atoms with van der Waals surface area (Å²) in [6.07, 6.45) is 2.00. The smallest absolute Gasteiger partial charge is 0.0847 e. The first kappa shape index (κ1) is 15.5. The fourth-order valence-electron chi connectivity index (χ4n) is 2.58. The van der Waals surface area contributed by atoms with Crippen molar-refractivity contribution in [1.29, 1.82) is 0 Å². The topological polar surface area (TPSA) is 43.8 Å². The highest BCUT2D eigenvalue weighted by Crippen LogP contribution is 2.36. The molecule has 1 fully saturated rings. The molecule has 1 aromatic heterocycles. The number of hydrogen-bond acceptors (Lipinski definition) is 4. The van der Waals surface area contributed by atoms with Gasteiger partial charge in [-0.25, -0.2) is 0 Å². The molecular formula is C13H22ClN3S2. The van der Waals surface area contributed by atoms with Gasteiger partial charge in [-0.3, -0.25) is 4.68 Å². The van der Waals surface area contributed by atoms with Gasteiger partial charge in [0.25, 0.3) is 0 Å². The molecule has 0 bridgehead atoms. The average molecular weight is 320 g/mol. The van der Waals surface area contributed by atoms with Crippen LogP contribution in [0.1, 0.15) is 24.7 Å². The van der Waals surface area contributed by atoms with Crippen molar-refractivity contribution in [3.05, 3.63) is 16.4 Å². The van der Waals surface area contributed by atoms with Crippen LogP contribution in [0.15, 0.2) is 0 Å². The van der Waals surface area contributed by atoms with E-state index in [1.807, 2.05) is 30.4 Å². The van der Waals surface area contributed by atoms with E-state index in [4.69, 9.17) is 17.3 Å². The van der Waals surface area contributed by atoms with Gasteiger partial charge in [-0.05, 0) is 13.3 Å². The number of halogens is 1. The van der Waals surface area contributed by atoms with Crippen molar-refractivity contribution in [2.75, 3.05) is 11.5 Å². The maximum absolute atomic E-state index is 6.46. The predicted octanol–water partition coefficient (Wildman–Crippen LogP) is 2.88. The Kier molecular flexibility index (Phi) is 5.52. The summed E-state index contributed by atoms with van der Waals surface area (Å²) in [5.74, 6) is 2.45. The van der Waals surface area contributed by atoms with Crippen LogP contribution in [0.25, 0.3) is 0 Å². The van der Waals surface area contributed by atoms with E-state index in [0.29, 0.717) is 10.5 Å². The molecule has 1 aliphatic heterocycles. The Hall–Kier alpha value is 0.160. The number of thioether (sulfide) groups is 2. The largest absolute Gasteiger partial charge is 0.326 e. The van der Waals surface area contributed by atoms with Gasteiger partial charge in [0.05, 0.1) is 16.4 Å². The number of rotatable bonds is 4. The van der Waals surface area contributed by atoms with Crippen LogP contribution in [0.5, 0.6) is 0 Å². The Morgan fingerprint density at radius 1 is 1.47 bits per heavy atom. The van der Waals surface area contributed by atoms with Crippen molar-refractivity contribution in [1.82, 2.24) is 9.78 Å². The zero-order valence-electron chi connectivity index (χ0n) is 11.7. The summed E-state index contributed by atoms with van der Waals surface area (Å²) in [4.78, 5) is 0. The molecule has 3 nitrogen and oxygen atoms in total. The molecule has 1 aromatic rings. The van der Waals surface area contributed by atoms with E-state index in [1.165, 1.54) is 17.9 Å². The standard InChI is InChI=1S/C13H22ClN3S2/c1-4-11-13(19-6-5-18-11)9(15)7-10-12(14)8(2)16-17(10)3/h9,11,13H,4-7,15H2,1-3H3. The molecule has 2 N–H and O–H groups in total. The summed E-state index contributed by atoms with van der Waals surface area (Å²) in [5, 5.41) is 6.33. The molecule has 6 heteroatoms. The van der Waals surface area contributed by atoms with Crippen LogP contribution in [0, 0.1) is 6.92 Å². The lowest BCUT2D eigenvalue weighted by Crippen LogP contribution is -2.43. The normalized spacial score (nSPS) is 25.5. The number of nitrogens with two attached hydrogens (primary N) is 1. The van der Waals surface area contributed by atoms with Crippen LogP contribution in [-0.2, 0) is 13.5 Å². The quantitative estimate of drug-likeness (QED) is 0.926. The number of aromatic nitrogens is 2. The molecule has 0 saturated carbocycles. The first-order valence-electron chi connectivity index (χ1n) is 6.71. The summed E-state index contributed by atoms with van der Waals surface area (Å²) in [7, 11) is 1.95. The highest BCUT2D eigenvalue weighted by atomic mass is 35.5. The number of nitrogens with zero attached hydrogens (tertiary/aromatic N) is 2. The van der Waals surface area contributed by atoms with Gasteiger partial charge in [0.15, 0.2) is 0 Å². The van der Waals surface area contributed by atoms with Crippen LogP contribution in [0.3, 0.4) is 0 Å². The van der Waals surface area contributed by atoms with Crippen molar-refractivity contribution in [2.24, 2.45) is 12.8 Å². The lowest BCUT2D eigenvalue weighted by atomic mass is 10.0. The lowest BCUT2D eigenvalue weighted by Gasteiger charge is -2.34. The van der Waals surface area contributed by atoms with Gasteiger partial charge in [0.1, 0.15) is 0 Å². The third-order valence-electron chi connectivity index (χ3n) is 3.61. The van der Waals surface area contributed by atoms with Gasteiger partial charge in [0.2, 0.25) is 0 Å². The van der Waals surface area contributed by atoms with Gasteiger partial charge in [-0.1, -0.05) is 18.5 Å². The van der Waals surface area contributed by atoms with Crippen LogP contribution in [0.2, 0.25) is 5.02 Å². The second-order valence-corrected chi connectivity index (χ2v) is 8.00. The molecule has 3 unspecified atom stereocenters. The van der Waals surface area contributed by atoms with Crippen molar-refractivity contribution in [3.63, 3.8) is 0 Å². The Balaban J connectivity index is 2.09. The summed E-state index contributed by atoms with van der Waals surface area (Å²) < 4.78 is 1.87. The molecule has 108 valence electrons. The molecule has 19 heavy (non-hydrogen) atoms. The van der Waals surface area contributed by atoms with E-state index < -0.39 is 0 Å². The average Bonchev–Trinajstić information content (AvgIpc) is 2.65. The van der Waals surface area contributed by atoms with Crippen molar-refractivity contribution in [3.8, 4) is 0 Å². The summed E-state index contributed by atoms with van der Waals surface area (Å²) in [5.41, 5.74) is 8.42. The molecule has 2 rings (SSSR count). The zero-order chi connectivity index (χ0) is 14.0. The van der Waals surface area contributed by atoms with Gasteiger partial charge in [0, 0.05) is 41.5 Å². The molecule has 1 saturated heterocycles. The minimum Gasteiger partial charge on any atom is -0.326 e. The number of aryl methyl sites for hydroxylation is 2. The highest BCUT2D eigenvalue weighted by molar-refractivity contribution is 8.07. The molecule has 3 atom stereocenters. The van der Waals surface area contributed by atoms with E-state index in [0.717, 1.165) is 22.8 Å². The van der Waals surface area contributed by atoms with Crippen molar-refractivity contribution >= 4 is 35.1 Å². The van der Waals surface area contributed by atoms with Crippen LogP contribution in [0.4, 0.5) is 0 Å². The van der Waals surface area contributed by atoms with E-state index in [1.54, 1.807) is 0 Å². The zero-order valence-corrected chi connectivity index (χ0v) is 14.1. The van der Waals surface area contributed by atoms with Gasteiger partial charge in [-0.15, -0.1) is 0 Å². The molecule has 2 heterocycles. The Labute approximate surface area is 129 Å². The molecule has 0 spiro atoms. The van der Waals surface area contributed by atoms with Gasteiger partial charge < -0.3 is 5.73 Å². The van der Waals surface area contributed by atoms with Crippen LogP contribution in [-0.4, -0.2) is 37.8 Å². The fourth-order valence-corrected chi connectivity index (χ4v) is 6.01. The highest BCUT2D eigenvalue weighted by Gasteiger charge is 2.31. The first-order valence-corrected chi connectivity index (χ1v) is 9.18. The van der Waals surface area contributed by atoms with Crippen molar-refractivity contribution < 1.29 is 0 Å². The van der Waals surface area contributed by atoms with Gasteiger partial charge >= 0.3 is 0 Å². The van der Waals surface area contributed by atoms with E-state index in [2.05, 4.69) is 23.8 Å². The molecule has 0 amide bonds. The number of hydrogen-bond donors (Lipinski definition) is 1. The molecule has 1 aliphatic rings. The summed E-state index contributed by atoms with van der Waals surface area (Å²) >= 11 is 10.4. The summed E-state index contributed by atoms with van der Waals surface area (Å²) in [6.45, 7) is 4.20. The fraction of sp³-hybridized carbons (Fsp3) is 0.769. The second kappa shape index (κ2) is 6.74. The predicted molar refractivity (Wildman–Crippen MR) is 87.4 cm³/mol. The monoisotopic (exact) mass is 319 g/mol. The third kappa shape index (κ3) is 3.43. The van der Waals surface area contributed by atoms with Crippen molar-refractivity contribution in [2.45, 2.75) is 43.2 Å². The van der Waals surface area contributed by atoms with Crippen LogP contribution >= 0.6 is 35.1 Å². The van der Waals surface area contributed by atoms with E-state index in [-0.39, 0.29) is 6.04 Å². The molecule has 0 aliphatic carbocycles. The molecular weight excluding hydrogens is 298 g/mol.